The van der Waals surface area contributed by atoms with Crippen LogP contribution in [0.4, 0.5) is 0 Å². The van der Waals surface area contributed by atoms with Crippen LogP contribution in [0, 0.1) is 0 Å². The lowest BCUT2D eigenvalue weighted by atomic mass is 10.1. The molecule has 0 aromatic carbocycles. The Morgan fingerprint density at radius 2 is 0.708 bits per heavy atom. The Labute approximate surface area is 313 Å². The number of hydrogen-bond donors (Lipinski definition) is 1. The predicted octanol–water partition coefficient (Wildman–Crippen LogP) is 14.8. The Hall–Kier alpha value is -0.142. The Bertz CT molecular complexity index is 800. The van der Waals surface area contributed by atoms with Gasteiger partial charge in [-0.05, 0) is 90.4 Å². The van der Waals surface area contributed by atoms with Crippen molar-refractivity contribution in [1.82, 2.24) is 0 Å². The maximum absolute atomic E-state index is 7.92. The number of hydrogen-bond acceptors (Lipinski definition) is 6. The second-order valence-electron chi connectivity index (χ2n) is 15.9. The highest BCUT2D eigenvalue weighted by molar-refractivity contribution is 7.19. The molecule has 0 fully saturated rings. The highest BCUT2D eigenvalue weighted by Gasteiger charge is 2.25. The van der Waals surface area contributed by atoms with Crippen LogP contribution in [0.25, 0.3) is 0 Å². The molecule has 1 N–H and O–H groups in total. The fraction of sp³-hybridized carbons (Fsp3) is 0.917. The molecule has 48 heavy (non-hydrogen) atoms. The zero-order chi connectivity index (χ0) is 37.7. The van der Waals surface area contributed by atoms with Crippen molar-refractivity contribution in [2.45, 2.75) is 214 Å². The molecule has 0 radical (unpaired) electrons. The van der Waals surface area contributed by atoms with E-state index in [1.807, 2.05) is 20.8 Å². The van der Waals surface area contributed by atoms with Crippen LogP contribution in [0.5, 0.6) is 0 Å². The van der Waals surface area contributed by atoms with Crippen molar-refractivity contribution in [2.75, 3.05) is 0 Å². The Kier molecular flexibility index (Phi) is 33.2. The van der Waals surface area contributed by atoms with Crippen LogP contribution in [-0.2, 0) is 9.05 Å². The first-order valence-electron chi connectivity index (χ1n) is 19.1. The van der Waals surface area contributed by atoms with E-state index < -0.39 is 31.4 Å². The number of rotatable bonds is 25. The smallest absolute Gasteiger partial charge is 0.281 e. The molecule has 0 saturated heterocycles. The lowest BCUT2D eigenvalue weighted by Crippen LogP contribution is -2.28. The molecule has 0 rings (SSSR count). The molecule has 0 aliphatic heterocycles. The van der Waals surface area contributed by atoms with E-state index in [4.69, 9.17) is 36.4 Å². The molecule has 0 aliphatic rings. The van der Waals surface area contributed by atoms with Crippen molar-refractivity contribution in [2.24, 2.45) is 15.5 Å². The number of oxime groups is 3. The summed E-state index contributed by atoms with van der Waals surface area (Å²) in [6, 6.07) is 4.96. The third-order valence-electron chi connectivity index (χ3n) is 8.20. The lowest BCUT2D eigenvalue weighted by Gasteiger charge is -2.20. The predicted molar refractivity (Wildman–Crippen MR) is 230 cm³/mol. The summed E-state index contributed by atoms with van der Waals surface area (Å²) in [7, 11) is -5.82. The molecule has 0 atom stereocenters. The Balaban J connectivity index is -0.000000776. The SMILES string of the molecule is CCC(C)=NO.CCC(C)=NO[Si](C)(C)CCCCCCCC[Si](C)(C)ON=C(C)CC.C[Si](C)(Cl)CCCCCCCC[Si](C)(C)Cl. The van der Waals surface area contributed by atoms with Crippen LogP contribution >= 0.6 is 22.2 Å². The van der Waals surface area contributed by atoms with Crippen LogP contribution in [0.2, 0.25) is 76.6 Å². The maximum Gasteiger partial charge on any atom is 0.281 e. The summed E-state index contributed by atoms with van der Waals surface area (Å²) in [6.07, 6.45) is 18.8. The molecular formula is C36H81Cl2N3O3Si4. The van der Waals surface area contributed by atoms with E-state index in [1.54, 1.807) is 6.92 Å². The summed E-state index contributed by atoms with van der Waals surface area (Å²) in [5.41, 5.74) is 2.96. The minimum atomic E-state index is -1.62. The second kappa shape index (κ2) is 30.5. The van der Waals surface area contributed by atoms with E-state index in [1.165, 1.54) is 101 Å². The summed E-state index contributed by atoms with van der Waals surface area (Å²) in [5, 5.41) is 19.4. The van der Waals surface area contributed by atoms with Gasteiger partial charge in [0.15, 0.2) is 0 Å². The molecule has 12 heteroatoms. The summed E-state index contributed by atoms with van der Waals surface area (Å²) in [5.74, 6) is 0. The molecule has 0 unspecified atom stereocenters. The van der Waals surface area contributed by atoms with Crippen molar-refractivity contribution in [3.63, 3.8) is 0 Å². The van der Waals surface area contributed by atoms with E-state index in [-0.39, 0.29) is 0 Å². The highest BCUT2D eigenvalue weighted by Crippen LogP contribution is 2.22. The van der Waals surface area contributed by atoms with Gasteiger partial charge < -0.3 is 14.3 Å². The third kappa shape index (κ3) is 43.9. The van der Waals surface area contributed by atoms with E-state index in [9.17, 15) is 0 Å². The third-order valence-corrected chi connectivity index (χ3v) is 16.7. The van der Waals surface area contributed by atoms with E-state index in [0.717, 1.165) is 36.4 Å². The van der Waals surface area contributed by atoms with Gasteiger partial charge in [0.1, 0.15) is 14.8 Å². The zero-order valence-electron chi connectivity index (χ0n) is 34.3. The topological polar surface area (TPSA) is 75.8 Å². The van der Waals surface area contributed by atoms with E-state index in [0.29, 0.717) is 0 Å². The molecular weight excluding hydrogens is 706 g/mol. The summed E-state index contributed by atoms with van der Waals surface area (Å²) >= 11 is 12.5. The number of nitrogens with zero attached hydrogens (tertiary/aromatic N) is 3. The largest absolute Gasteiger partial charge is 0.455 e. The summed E-state index contributed by atoms with van der Waals surface area (Å²) < 4.78 is 11.6. The van der Waals surface area contributed by atoms with Gasteiger partial charge >= 0.3 is 0 Å². The van der Waals surface area contributed by atoms with Gasteiger partial charge in [0.25, 0.3) is 16.6 Å². The van der Waals surface area contributed by atoms with Crippen LogP contribution in [-0.4, -0.2) is 53.7 Å². The van der Waals surface area contributed by atoms with Crippen LogP contribution in [0.15, 0.2) is 15.5 Å². The first-order valence-corrected chi connectivity index (χ1v) is 33.8. The van der Waals surface area contributed by atoms with Crippen molar-refractivity contribution in [3.8, 4) is 0 Å². The summed E-state index contributed by atoms with van der Waals surface area (Å²) in [4.78, 5) is 0. The van der Waals surface area contributed by atoms with Crippen molar-refractivity contribution >= 4 is 70.7 Å². The first-order chi connectivity index (χ1) is 22.1. The molecule has 0 aliphatic carbocycles. The first kappa shape index (κ1) is 52.2. The van der Waals surface area contributed by atoms with Gasteiger partial charge in [-0.1, -0.05) is 129 Å². The summed E-state index contributed by atoms with van der Waals surface area (Å²) in [6.45, 7) is 30.1. The molecule has 0 saturated carbocycles. The minimum Gasteiger partial charge on any atom is -0.455 e. The average molecular weight is 787 g/mol. The molecule has 0 bridgehead atoms. The normalized spacial score (nSPS) is 13.4. The van der Waals surface area contributed by atoms with Crippen molar-refractivity contribution < 1.29 is 14.3 Å². The van der Waals surface area contributed by atoms with E-state index >= 15 is 0 Å². The Morgan fingerprint density at radius 3 is 0.917 bits per heavy atom. The van der Waals surface area contributed by atoms with Crippen LogP contribution in [0.3, 0.4) is 0 Å². The molecule has 0 heterocycles. The van der Waals surface area contributed by atoms with Crippen molar-refractivity contribution in [3.05, 3.63) is 0 Å². The van der Waals surface area contributed by atoms with Crippen LogP contribution in [0.1, 0.15) is 138 Å². The van der Waals surface area contributed by atoms with Gasteiger partial charge in [-0.25, -0.2) is 0 Å². The quantitative estimate of drug-likeness (QED) is 0.0250. The van der Waals surface area contributed by atoms with E-state index in [2.05, 4.69) is 81.7 Å². The van der Waals surface area contributed by atoms with Gasteiger partial charge in [0, 0.05) is 0 Å². The van der Waals surface area contributed by atoms with Gasteiger partial charge in [-0.15, -0.1) is 10.3 Å². The fourth-order valence-electron chi connectivity index (χ4n) is 4.30. The molecule has 6 nitrogen and oxygen atoms in total. The molecule has 0 aromatic heterocycles. The lowest BCUT2D eigenvalue weighted by molar-refractivity contribution is 0.317. The molecule has 0 spiro atoms. The minimum absolute atomic E-state index is 0.773. The Morgan fingerprint density at radius 1 is 0.458 bits per heavy atom. The van der Waals surface area contributed by atoms with Crippen molar-refractivity contribution in [1.29, 1.82) is 0 Å². The number of halogens is 2. The average Bonchev–Trinajstić information content (AvgIpc) is 3.00. The van der Waals surface area contributed by atoms with Gasteiger partial charge in [-0.2, -0.15) is 22.2 Å². The van der Waals surface area contributed by atoms with Gasteiger partial charge in [-0.3, -0.25) is 0 Å². The molecule has 0 amide bonds. The highest BCUT2D eigenvalue weighted by atomic mass is 35.6. The molecule has 288 valence electrons. The van der Waals surface area contributed by atoms with Crippen LogP contribution < -0.4 is 0 Å². The number of unbranched alkanes of at least 4 members (excludes halogenated alkanes) is 10. The fourth-order valence-corrected chi connectivity index (χ4v) is 10.5. The standard InChI is InChI=1S/C20H44N2O2Si2.C12H28Cl2Si2.C4H9NO/c1-9-19(3)21-23-25(5,6)17-15-13-11-12-14-16-18-26(7,8)24-22-20(4)10-2;1-15(2,13)11-9-7-5-6-8-10-12-16(3,4)14;1-3-4(2)5-6/h9-18H2,1-8H3;5-12H2,1-4H3;6H,3H2,1-2H3. The maximum atomic E-state index is 7.92. The second-order valence-corrected chi connectivity index (χ2v) is 38.3. The monoisotopic (exact) mass is 785 g/mol. The van der Waals surface area contributed by atoms with Gasteiger partial charge in [0.05, 0.1) is 17.1 Å². The zero-order valence-corrected chi connectivity index (χ0v) is 39.8. The van der Waals surface area contributed by atoms with Gasteiger partial charge in [0.2, 0.25) is 0 Å². The molecule has 0 aromatic rings.